The molecule has 0 bridgehead atoms. The number of rotatable bonds is 5. The molecule has 2 aromatic carbocycles. The Morgan fingerprint density at radius 2 is 1.97 bits per heavy atom. The van der Waals surface area contributed by atoms with Crippen LogP contribution in [0.15, 0.2) is 41.2 Å². The Morgan fingerprint density at radius 3 is 2.66 bits per heavy atom. The van der Waals surface area contributed by atoms with Gasteiger partial charge in [0.05, 0.1) is 22.5 Å². The van der Waals surface area contributed by atoms with Crippen LogP contribution in [0.1, 0.15) is 60.4 Å². The van der Waals surface area contributed by atoms with Gasteiger partial charge in [0.15, 0.2) is 0 Å². The van der Waals surface area contributed by atoms with Crippen molar-refractivity contribution in [2.75, 3.05) is 5.32 Å². The summed E-state index contributed by atoms with van der Waals surface area (Å²) in [6, 6.07) is 5.23. The van der Waals surface area contributed by atoms with E-state index in [-0.39, 0.29) is 22.2 Å². The van der Waals surface area contributed by atoms with Crippen LogP contribution in [0.5, 0.6) is 0 Å². The predicted molar refractivity (Wildman–Crippen MR) is 119 cm³/mol. The van der Waals surface area contributed by atoms with Crippen molar-refractivity contribution in [2.45, 2.75) is 38.6 Å². The van der Waals surface area contributed by atoms with Gasteiger partial charge in [0.25, 0.3) is 5.56 Å². The molecule has 1 aromatic heterocycles. The van der Waals surface area contributed by atoms with E-state index in [0.717, 1.165) is 43.4 Å². The van der Waals surface area contributed by atoms with Crippen LogP contribution in [0.4, 0.5) is 14.5 Å². The monoisotopic (exact) mass is 439 g/mol. The lowest BCUT2D eigenvalue weighted by atomic mass is 9.98. The first kappa shape index (κ1) is 21.7. The Balaban J connectivity index is 1.85. The van der Waals surface area contributed by atoms with E-state index < -0.39 is 23.6 Å². The van der Waals surface area contributed by atoms with Gasteiger partial charge in [0, 0.05) is 18.3 Å². The van der Waals surface area contributed by atoms with Crippen LogP contribution in [-0.2, 0) is 7.05 Å². The molecule has 1 atom stereocenters. The number of halogens is 2. The van der Waals surface area contributed by atoms with Crippen molar-refractivity contribution in [1.82, 2.24) is 9.55 Å². The lowest BCUT2D eigenvalue weighted by molar-refractivity contribution is 0.0697. The number of hydrogen-bond acceptors (Lipinski definition) is 4. The number of nitrogens with zero attached hydrogens (tertiary/aromatic N) is 2. The first-order valence-electron chi connectivity index (χ1n) is 10.4. The fourth-order valence-electron chi connectivity index (χ4n) is 4.15. The van der Waals surface area contributed by atoms with Crippen molar-refractivity contribution in [2.24, 2.45) is 7.05 Å². The highest BCUT2D eigenvalue weighted by atomic mass is 19.1. The lowest BCUT2D eigenvalue weighted by Crippen LogP contribution is -2.24. The van der Waals surface area contributed by atoms with Crippen LogP contribution in [0.3, 0.4) is 0 Å². The molecule has 0 spiro atoms. The number of anilines is 1. The highest BCUT2D eigenvalue weighted by molar-refractivity contribution is 5.94. The van der Waals surface area contributed by atoms with Gasteiger partial charge in [-0.25, -0.2) is 18.6 Å². The smallest absolute Gasteiger partial charge is 0.337 e. The van der Waals surface area contributed by atoms with E-state index in [1.54, 1.807) is 14.0 Å². The van der Waals surface area contributed by atoms with Crippen LogP contribution in [0, 0.1) is 11.6 Å². The van der Waals surface area contributed by atoms with Gasteiger partial charge in [-0.1, -0.05) is 6.08 Å². The summed E-state index contributed by atoms with van der Waals surface area (Å²) in [5.74, 6) is -2.01. The van der Waals surface area contributed by atoms with E-state index in [9.17, 15) is 23.5 Å². The third-order valence-electron chi connectivity index (χ3n) is 5.80. The Morgan fingerprint density at radius 1 is 1.19 bits per heavy atom. The lowest BCUT2D eigenvalue weighted by Gasteiger charge is -2.21. The van der Waals surface area contributed by atoms with Gasteiger partial charge in [-0.2, -0.15) is 0 Å². The number of aromatic carboxylic acids is 1. The molecule has 32 heavy (non-hydrogen) atoms. The summed E-state index contributed by atoms with van der Waals surface area (Å²) in [5.41, 5.74) is 1.35. The van der Waals surface area contributed by atoms with Crippen molar-refractivity contribution in [3.05, 3.63) is 75.3 Å². The summed E-state index contributed by atoms with van der Waals surface area (Å²) in [4.78, 5) is 29.3. The zero-order chi connectivity index (χ0) is 23.0. The molecular formula is C24H23F2N3O3. The summed E-state index contributed by atoms with van der Waals surface area (Å²) in [5, 5.41) is 12.6. The van der Waals surface area contributed by atoms with Crippen molar-refractivity contribution < 1.29 is 18.7 Å². The van der Waals surface area contributed by atoms with Crippen LogP contribution in [0.25, 0.3) is 16.5 Å². The first-order chi connectivity index (χ1) is 15.3. The molecule has 8 heteroatoms. The molecular weight excluding hydrogens is 416 g/mol. The van der Waals surface area contributed by atoms with Crippen LogP contribution in [0.2, 0.25) is 0 Å². The van der Waals surface area contributed by atoms with Gasteiger partial charge in [0.1, 0.15) is 17.5 Å². The van der Waals surface area contributed by atoms with Crippen LogP contribution < -0.4 is 10.9 Å². The Bertz CT molecular complexity index is 1310. The maximum atomic E-state index is 14.5. The number of aromatic nitrogens is 2. The number of carboxylic acid groups (broad SMARTS) is 1. The van der Waals surface area contributed by atoms with E-state index in [1.807, 2.05) is 0 Å². The fourth-order valence-corrected chi connectivity index (χ4v) is 4.15. The largest absolute Gasteiger partial charge is 0.478 e. The zero-order valence-electron chi connectivity index (χ0n) is 17.8. The number of carboxylic acids is 1. The number of allylic oxidation sites excluding steroid dienone is 2. The molecule has 0 saturated carbocycles. The summed E-state index contributed by atoms with van der Waals surface area (Å²) in [6.07, 6.45) is 5.91. The second kappa shape index (κ2) is 8.53. The molecule has 0 radical (unpaired) electrons. The minimum atomic E-state index is -1.29. The molecule has 0 fully saturated rings. The van der Waals surface area contributed by atoms with Crippen molar-refractivity contribution >= 4 is 28.1 Å². The van der Waals surface area contributed by atoms with Crippen molar-refractivity contribution in [3.8, 4) is 0 Å². The van der Waals surface area contributed by atoms with Crippen molar-refractivity contribution in [1.29, 1.82) is 0 Å². The molecule has 1 aliphatic rings. The minimum Gasteiger partial charge on any atom is -0.478 e. The summed E-state index contributed by atoms with van der Waals surface area (Å²) < 4.78 is 29.5. The molecule has 0 aliphatic heterocycles. The van der Waals surface area contributed by atoms with E-state index in [2.05, 4.69) is 11.4 Å². The molecule has 0 unspecified atom stereocenters. The summed E-state index contributed by atoms with van der Waals surface area (Å²) in [7, 11) is 1.63. The van der Waals surface area contributed by atoms with Gasteiger partial charge in [-0.3, -0.25) is 9.36 Å². The van der Waals surface area contributed by atoms with Crippen LogP contribution in [-0.4, -0.2) is 20.6 Å². The molecule has 1 aliphatic carbocycles. The van der Waals surface area contributed by atoms with Gasteiger partial charge in [-0.05, 0) is 68.5 Å². The molecule has 4 rings (SSSR count). The number of nitrogens with one attached hydrogen (secondary N) is 1. The first-order valence-corrected chi connectivity index (χ1v) is 10.4. The molecule has 0 amide bonds. The maximum Gasteiger partial charge on any atom is 0.337 e. The number of fused-ring (bicyclic) bond motifs is 1. The Hall–Kier alpha value is -3.55. The van der Waals surface area contributed by atoms with Crippen molar-refractivity contribution in [3.63, 3.8) is 0 Å². The quantitative estimate of drug-likeness (QED) is 0.582. The Labute approximate surface area is 183 Å². The van der Waals surface area contributed by atoms with E-state index in [4.69, 9.17) is 4.98 Å². The maximum absolute atomic E-state index is 14.5. The van der Waals surface area contributed by atoms with Gasteiger partial charge in [-0.15, -0.1) is 0 Å². The summed E-state index contributed by atoms with van der Waals surface area (Å²) in [6.45, 7) is 1.71. The second-order valence-corrected chi connectivity index (χ2v) is 8.03. The Kier molecular flexibility index (Phi) is 5.78. The normalized spacial score (nSPS) is 14.8. The molecule has 6 nitrogen and oxygen atoms in total. The fraction of sp³-hybridized carbons (Fsp3) is 0.292. The van der Waals surface area contributed by atoms with Gasteiger partial charge >= 0.3 is 5.97 Å². The average Bonchev–Trinajstić information content (AvgIpc) is 2.77. The van der Waals surface area contributed by atoms with Crippen LogP contribution >= 0.6 is 0 Å². The van der Waals surface area contributed by atoms with E-state index >= 15 is 0 Å². The van der Waals surface area contributed by atoms with E-state index in [1.165, 1.54) is 22.8 Å². The topological polar surface area (TPSA) is 84.2 Å². The third-order valence-corrected chi connectivity index (χ3v) is 5.80. The number of hydrogen-bond donors (Lipinski definition) is 2. The van der Waals surface area contributed by atoms with Gasteiger partial charge in [0.2, 0.25) is 0 Å². The molecule has 166 valence electrons. The second-order valence-electron chi connectivity index (χ2n) is 8.03. The number of carbonyl (C=O) groups is 1. The highest BCUT2D eigenvalue weighted by Gasteiger charge is 2.21. The molecule has 2 N–H and O–H groups in total. The number of benzene rings is 2. The predicted octanol–water partition coefficient (Wildman–Crippen LogP) is 5.04. The average molecular weight is 439 g/mol. The molecule has 3 aromatic rings. The highest BCUT2D eigenvalue weighted by Crippen LogP contribution is 2.30. The molecule has 1 heterocycles. The summed E-state index contributed by atoms with van der Waals surface area (Å²) >= 11 is 0. The SMILES string of the molecule is C[C@@H](Nc1ccc(F)cc1C(=O)O)c1cc(F)cc2c(=O)n(C)c(C3=CCCCC3)nc12. The van der Waals surface area contributed by atoms with E-state index in [0.29, 0.717) is 16.9 Å². The van der Waals surface area contributed by atoms with Gasteiger partial charge < -0.3 is 10.4 Å². The third kappa shape index (κ3) is 4.00. The zero-order valence-corrected chi connectivity index (χ0v) is 17.8. The molecule has 0 saturated heterocycles. The standard InChI is InChI=1S/C24H23F2N3O3/c1-13(27-20-9-8-15(25)10-18(20)24(31)32)17-11-16(26)12-19-21(17)28-22(29(2)23(19)30)14-6-4-3-5-7-14/h6,8-13,27H,3-5,7H2,1-2H3,(H,31,32)/t13-/m1/s1. The minimum absolute atomic E-state index is 0.147.